The van der Waals surface area contributed by atoms with Crippen molar-refractivity contribution in [3.8, 4) is 6.07 Å². The highest BCUT2D eigenvalue weighted by atomic mass is 16.3. The Morgan fingerprint density at radius 3 is 2.62 bits per heavy atom. The maximum absolute atomic E-state index is 13.2. The molecule has 2 aliphatic rings. The van der Waals surface area contributed by atoms with Crippen LogP contribution in [0.4, 0.5) is 0 Å². The fourth-order valence-corrected chi connectivity index (χ4v) is 4.66. The van der Waals surface area contributed by atoms with E-state index in [1.54, 1.807) is 39.8 Å². The smallest absolute Gasteiger partial charge is 0.290 e. The number of likely N-dealkylation sites (tertiary alicyclic amines) is 1. The van der Waals surface area contributed by atoms with Gasteiger partial charge in [-0.25, -0.2) is 0 Å². The van der Waals surface area contributed by atoms with E-state index in [2.05, 4.69) is 11.4 Å². The number of fused-ring (bicyclic) bond motifs is 4. The molecule has 2 aliphatic heterocycles. The molecule has 2 amide bonds. The van der Waals surface area contributed by atoms with Gasteiger partial charge in [0.05, 0.1) is 23.2 Å². The second kappa shape index (κ2) is 9.92. The van der Waals surface area contributed by atoms with Gasteiger partial charge >= 0.3 is 0 Å². The van der Waals surface area contributed by atoms with Crippen molar-refractivity contribution < 1.29 is 19.5 Å². The van der Waals surface area contributed by atoms with E-state index in [0.29, 0.717) is 30.8 Å². The lowest BCUT2D eigenvalue weighted by Gasteiger charge is -2.47. The molecule has 166 valence electrons. The highest BCUT2D eigenvalue weighted by molar-refractivity contribution is 5.96. The topological polar surface area (TPSA) is 132 Å². The van der Waals surface area contributed by atoms with Crippen LogP contribution < -0.4 is 10.9 Å². The van der Waals surface area contributed by atoms with Gasteiger partial charge in [-0.2, -0.15) is 5.26 Å². The molecular weight excluding hydrogens is 412 g/mol. The number of hydrogen-bond acceptors (Lipinski definition) is 5. The summed E-state index contributed by atoms with van der Waals surface area (Å²) >= 11 is 0. The maximum atomic E-state index is 13.2. The lowest BCUT2D eigenvalue weighted by Crippen LogP contribution is -2.53. The van der Waals surface area contributed by atoms with E-state index in [0.717, 1.165) is 12.1 Å². The van der Waals surface area contributed by atoms with Crippen molar-refractivity contribution in [1.82, 2.24) is 14.8 Å². The number of hydrogen-bond donors (Lipinski definition) is 2. The van der Waals surface area contributed by atoms with E-state index in [9.17, 15) is 19.6 Å². The molecule has 1 aromatic heterocycles. The number of amides is 2. The Balaban J connectivity index is 0.000000913. The van der Waals surface area contributed by atoms with Crippen molar-refractivity contribution in [3.63, 3.8) is 0 Å². The third-order valence-corrected chi connectivity index (χ3v) is 5.92. The molecule has 0 spiro atoms. The van der Waals surface area contributed by atoms with Gasteiger partial charge in [-0.1, -0.05) is 18.2 Å². The van der Waals surface area contributed by atoms with Crippen molar-refractivity contribution in [2.24, 2.45) is 5.92 Å². The summed E-state index contributed by atoms with van der Waals surface area (Å²) in [6.45, 7) is 2.54. The minimum absolute atomic E-state index is 0.0476. The molecule has 2 N–H and O–H groups in total. The zero-order valence-corrected chi connectivity index (χ0v) is 17.6. The molecule has 9 nitrogen and oxygen atoms in total. The van der Waals surface area contributed by atoms with Crippen molar-refractivity contribution in [2.75, 3.05) is 19.6 Å². The first-order chi connectivity index (χ1) is 15.4. The molecule has 3 atom stereocenters. The number of nitrogens with one attached hydrogen (secondary N) is 1. The van der Waals surface area contributed by atoms with Crippen LogP contribution in [0.15, 0.2) is 47.3 Å². The Kier molecular flexibility index (Phi) is 7.05. The number of carbonyl (C=O) groups excluding carboxylic acids is 2. The SMILES string of the molecule is CC(=O)NC[C@H]1[C@H]2C[C@H](CN(C(=O)c3ccccc3C#N)C2)c2cccc(=O)n21.O=CO. The molecule has 0 unspecified atom stereocenters. The van der Waals surface area contributed by atoms with Gasteiger partial charge in [-0.3, -0.25) is 19.2 Å². The summed E-state index contributed by atoms with van der Waals surface area (Å²) in [5.41, 5.74) is 1.58. The van der Waals surface area contributed by atoms with E-state index in [4.69, 9.17) is 9.90 Å². The van der Waals surface area contributed by atoms with Gasteiger partial charge in [-0.15, -0.1) is 0 Å². The lowest BCUT2D eigenvalue weighted by atomic mass is 9.78. The van der Waals surface area contributed by atoms with Crippen molar-refractivity contribution in [2.45, 2.75) is 25.3 Å². The number of carboxylic acid groups (broad SMARTS) is 1. The molecule has 4 rings (SSSR count). The monoisotopic (exact) mass is 436 g/mol. The van der Waals surface area contributed by atoms with E-state index in [1.807, 2.05) is 6.07 Å². The van der Waals surface area contributed by atoms with Gasteiger partial charge in [0, 0.05) is 44.2 Å². The van der Waals surface area contributed by atoms with Crippen molar-refractivity contribution in [1.29, 1.82) is 5.26 Å². The largest absolute Gasteiger partial charge is 0.483 e. The standard InChI is InChI=1S/C22H22N4O3.CH2O2/c1-14(27)24-11-20-17-9-16(19-7-4-8-21(28)26(19)20)12-25(13-17)22(29)18-6-3-2-5-15(18)10-23;2-1-3/h2-8,16-17,20H,9,11-13H2,1H3,(H,24,27);1H,(H,2,3)/t16-,17+,20+;/m1./s1. The summed E-state index contributed by atoms with van der Waals surface area (Å²) in [6.07, 6.45) is 0.859. The summed E-state index contributed by atoms with van der Waals surface area (Å²) in [5.74, 6) is -0.216. The van der Waals surface area contributed by atoms with Crippen LogP contribution in [0.25, 0.3) is 0 Å². The van der Waals surface area contributed by atoms with Crippen molar-refractivity contribution >= 4 is 18.3 Å². The third kappa shape index (κ3) is 4.54. The average molecular weight is 436 g/mol. The molecule has 0 radical (unpaired) electrons. The molecule has 0 saturated carbocycles. The maximum Gasteiger partial charge on any atom is 0.290 e. The molecule has 0 aliphatic carbocycles. The molecule has 1 saturated heterocycles. The average Bonchev–Trinajstić information content (AvgIpc) is 2.79. The van der Waals surface area contributed by atoms with E-state index in [1.165, 1.54) is 13.0 Å². The summed E-state index contributed by atoms with van der Waals surface area (Å²) in [6, 6.07) is 13.9. The minimum atomic E-state index is -0.250. The molecule has 9 heteroatoms. The van der Waals surface area contributed by atoms with Gasteiger partial charge in [0.25, 0.3) is 17.9 Å². The zero-order chi connectivity index (χ0) is 23.3. The highest BCUT2D eigenvalue weighted by Gasteiger charge is 2.42. The van der Waals surface area contributed by atoms with Crippen LogP contribution in [-0.4, -0.2) is 52.5 Å². The van der Waals surface area contributed by atoms with Crippen LogP contribution in [-0.2, 0) is 9.59 Å². The number of rotatable bonds is 3. The Bertz CT molecular complexity index is 1120. The van der Waals surface area contributed by atoms with E-state index < -0.39 is 0 Å². The summed E-state index contributed by atoms with van der Waals surface area (Å²) in [7, 11) is 0. The first-order valence-electron chi connectivity index (χ1n) is 10.2. The zero-order valence-electron chi connectivity index (χ0n) is 17.6. The van der Waals surface area contributed by atoms with Gasteiger partial charge in [0.1, 0.15) is 0 Å². The van der Waals surface area contributed by atoms with E-state index in [-0.39, 0.29) is 41.7 Å². The van der Waals surface area contributed by atoms with Crippen LogP contribution in [0.1, 0.15) is 46.9 Å². The number of carbonyl (C=O) groups is 3. The van der Waals surface area contributed by atoms with Crippen LogP contribution >= 0.6 is 0 Å². The summed E-state index contributed by atoms with van der Waals surface area (Å²) in [5, 5.41) is 19.1. The number of piperidine rings is 1. The minimum Gasteiger partial charge on any atom is -0.483 e. The Morgan fingerprint density at radius 1 is 1.22 bits per heavy atom. The molecule has 3 heterocycles. The molecule has 32 heavy (non-hydrogen) atoms. The summed E-state index contributed by atoms with van der Waals surface area (Å²) < 4.78 is 1.79. The Morgan fingerprint density at radius 2 is 1.94 bits per heavy atom. The van der Waals surface area contributed by atoms with Gasteiger partial charge in [0.2, 0.25) is 5.91 Å². The normalized spacial score (nSPS) is 20.6. The third-order valence-electron chi connectivity index (χ3n) is 5.92. The molecule has 2 bridgehead atoms. The Hall–Kier alpha value is -3.93. The number of aromatic nitrogens is 1. The number of benzene rings is 1. The van der Waals surface area contributed by atoms with Crippen LogP contribution in [0, 0.1) is 17.2 Å². The van der Waals surface area contributed by atoms with Crippen LogP contribution in [0.5, 0.6) is 0 Å². The molecule has 1 aromatic carbocycles. The van der Waals surface area contributed by atoms with Crippen LogP contribution in [0.3, 0.4) is 0 Å². The first-order valence-corrected chi connectivity index (χ1v) is 10.2. The summed E-state index contributed by atoms with van der Waals surface area (Å²) in [4.78, 5) is 47.4. The van der Waals surface area contributed by atoms with Gasteiger partial charge in [0.15, 0.2) is 0 Å². The quantitative estimate of drug-likeness (QED) is 0.698. The number of pyridine rings is 1. The number of nitriles is 1. The predicted molar refractivity (Wildman–Crippen MR) is 115 cm³/mol. The van der Waals surface area contributed by atoms with Gasteiger partial charge < -0.3 is 19.9 Å². The molecule has 2 aromatic rings. The second-order valence-corrected chi connectivity index (χ2v) is 7.83. The number of nitrogens with zero attached hydrogens (tertiary/aromatic N) is 3. The molecule has 1 fully saturated rings. The fraction of sp³-hybridized carbons (Fsp3) is 0.348. The molecular formula is C23H24N4O5. The van der Waals surface area contributed by atoms with Gasteiger partial charge in [-0.05, 0) is 30.5 Å². The predicted octanol–water partition coefficient (Wildman–Crippen LogP) is 1.36. The highest BCUT2D eigenvalue weighted by Crippen LogP contribution is 2.41. The van der Waals surface area contributed by atoms with Crippen LogP contribution in [0.2, 0.25) is 0 Å². The second-order valence-electron chi connectivity index (χ2n) is 7.83. The Labute approximate surface area is 184 Å². The van der Waals surface area contributed by atoms with E-state index >= 15 is 0 Å². The first kappa shape index (κ1) is 22.7. The fourth-order valence-electron chi connectivity index (χ4n) is 4.66. The lowest BCUT2D eigenvalue weighted by molar-refractivity contribution is -0.123. The van der Waals surface area contributed by atoms with Crippen molar-refractivity contribution in [3.05, 3.63) is 69.6 Å².